The molecule has 0 amide bonds. The summed E-state index contributed by atoms with van der Waals surface area (Å²) < 4.78 is 0. The monoisotopic (exact) mass is 1280 g/mol. The lowest BCUT2D eigenvalue weighted by molar-refractivity contribution is -0.114. The Kier molecular flexibility index (Phi) is 28.8. The molecule has 12 atom stereocenters. The van der Waals surface area contributed by atoms with Crippen LogP contribution < -0.4 is 0 Å². The van der Waals surface area contributed by atoms with Crippen LogP contribution in [0.5, 0.6) is 0 Å². The van der Waals surface area contributed by atoms with Crippen LogP contribution in [0.1, 0.15) is 413 Å². The SMILES string of the molecule is CC(C)(C)C1C2CCCCC2CC2CCCCC21.CC(C)(C)N(C1CCCCC1)C1CCCCC1.CC(C)(C)[Si](C)(C)C1CCCCC1.CC(C)C(C1CCCCC1)C1CCCCC1.CC(CCC(C)(C)C)C1CCC2C3CCC4CCCCC4(C)C3CCC12C. The second-order valence-corrected chi connectivity index (χ2v) is 47.6. The highest BCUT2D eigenvalue weighted by atomic mass is 28.3. The summed E-state index contributed by atoms with van der Waals surface area (Å²) in [7, 11) is -1.00. The van der Waals surface area contributed by atoms with Crippen LogP contribution in [-0.4, -0.2) is 30.6 Å². The molecule has 91 heavy (non-hydrogen) atoms. The lowest BCUT2D eigenvalue weighted by atomic mass is 9.44. The number of fused-ring (bicyclic) bond motifs is 7. The standard InChI is InChI=1S/C27H48.C18H32.C16H31N.C16H30.C12H26Si/c1-19(14-17-25(2,3)4)22-12-13-23-21-11-10-20-9-7-8-16-26(20,5)24(21)15-18-27(22,23)6;1-18(2,3)17-15-10-6-4-8-13(15)12-14-9-5-7-11-16(14)17;1-16(2,3)17(14-10-6-4-7-11-14)15-12-8-5-9-13-15;1-13(2)16(14-9-5-3-6-10-14)15-11-7-4-8-12-15;1-12(2,3)13(4,5)11-9-7-6-8-10-11/h19-24H,7-18H2,1-6H3;13-17H,4-12H2,1-3H3;14-15H,4-13H2,1-3H3;13-16H,3-12H2,1-2H3;11H,6-10H2,1-5H3. The average molecular weight is 1280 g/mol. The molecule has 12 fully saturated rings. The van der Waals surface area contributed by atoms with Crippen molar-refractivity contribution in [3.05, 3.63) is 0 Å². The van der Waals surface area contributed by atoms with Crippen molar-refractivity contribution in [2.45, 2.75) is 454 Å². The smallest absolute Gasteiger partial charge is 0.0558 e. The second-order valence-electron chi connectivity index (χ2n) is 41.8. The predicted octanol–water partition coefficient (Wildman–Crippen LogP) is 29.2. The van der Waals surface area contributed by atoms with Gasteiger partial charge in [-0.05, 0) is 251 Å². The molecule has 0 aliphatic heterocycles. The zero-order valence-electron chi connectivity index (χ0n) is 65.9. The molecule has 2 heteroatoms. The number of rotatable bonds is 9. The average Bonchev–Trinajstić information content (AvgIpc) is 1.71. The maximum Gasteiger partial charge on any atom is 0.0558 e. The van der Waals surface area contributed by atoms with Crippen LogP contribution >= 0.6 is 0 Å². The lowest BCUT2D eigenvalue weighted by Crippen LogP contribution is -2.54. The molecule has 12 aliphatic rings. The largest absolute Gasteiger partial charge is 0.293 e. The summed E-state index contributed by atoms with van der Waals surface area (Å²) in [5, 5.41) is 0.592. The van der Waals surface area contributed by atoms with Gasteiger partial charge in [0, 0.05) is 17.6 Å². The Balaban J connectivity index is 0.000000150. The normalized spacial score (nSPS) is 35.7. The van der Waals surface area contributed by atoms with Gasteiger partial charge >= 0.3 is 0 Å². The second kappa shape index (κ2) is 34.0. The van der Waals surface area contributed by atoms with E-state index in [9.17, 15) is 0 Å². The number of hydrogen-bond acceptors (Lipinski definition) is 1. The summed E-state index contributed by atoms with van der Waals surface area (Å²) in [6, 6.07) is 1.76. The van der Waals surface area contributed by atoms with Crippen molar-refractivity contribution in [2.75, 3.05) is 0 Å². The van der Waals surface area contributed by atoms with Crippen LogP contribution in [-0.2, 0) is 0 Å². The number of nitrogens with zero attached hydrogens (tertiary/aromatic N) is 1. The van der Waals surface area contributed by atoms with E-state index in [2.05, 4.69) is 136 Å². The van der Waals surface area contributed by atoms with Gasteiger partial charge in [-0.3, -0.25) is 4.90 Å². The molecule has 0 aromatic carbocycles. The van der Waals surface area contributed by atoms with Crippen molar-refractivity contribution < 1.29 is 0 Å². The first-order valence-corrected chi connectivity index (χ1v) is 45.8. The minimum Gasteiger partial charge on any atom is -0.293 e. The summed E-state index contributed by atoms with van der Waals surface area (Å²) in [4.78, 5) is 2.91. The Hall–Kier alpha value is 0.177. The summed E-state index contributed by atoms with van der Waals surface area (Å²) in [6.45, 7) is 47.7. The lowest BCUT2D eigenvalue weighted by Gasteiger charge is -2.61. The Labute approximate surface area is 574 Å². The molecule has 12 rings (SSSR count). The number of hydrogen-bond donors (Lipinski definition) is 0. The predicted molar refractivity (Wildman–Crippen MR) is 407 cm³/mol. The van der Waals surface area contributed by atoms with E-state index < -0.39 is 8.07 Å². The van der Waals surface area contributed by atoms with Crippen LogP contribution in [0, 0.1) is 110 Å². The third kappa shape index (κ3) is 20.0. The van der Waals surface area contributed by atoms with Crippen LogP contribution in [0.15, 0.2) is 0 Å². The highest BCUT2D eigenvalue weighted by Crippen LogP contribution is 2.69. The molecule has 0 N–H and O–H groups in total. The Morgan fingerprint density at radius 1 is 0.418 bits per heavy atom. The van der Waals surface area contributed by atoms with E-state index in [0.29, 0.717) is 32.2 Å². The molecular weight excluding hydrogens is 1110 g/mol. The van der Waals surface area contributed by atoms with Crippen LogP contribution in [0.4, 0.5) is 0 Å². The van der Waals surface area contributed by atoms with E-state index in [4.69, 9.17) is 0 Å². The third-order valence-electron chi connectivity index (χ3n) is 31.6. The van der Waals surface area contributed by atoms with Crippen molar-refractivity contribution in [1.29, 1.82) is 0 Å². The molecule has 532 valence electrons. The van der Waals surface area contributed by atoms with E-state index in [1.165, 1.54) is 193 Å². The molecule has 0 radical (unpaired) electrons. The van der Waals surface area contributed by atoms with Crippen molar-refractivity contribution in [3.63, 3.8) is 0 Å². The van der Waals surface area contributed by atoms with Gasteiger partial charge in [0.2, 0.25) is 0 Å². The summed E-state index contributed by atoms with van der Waals surface area (Å²) in [6.07, 6.45) is 69.6. The van der Waals surface area contributed by atoms with Gasteiger partial charge in [0.15, 0.2) is 0 Å². The molecule has 12 saturated carbocycles. The maximum absolute atomic E-state index is 2.91. The molecule has 0 spiro atoms. The highest BCUT2D eigenvalue weighted by molar-refractivity contribution is 6.81. The Bertz CT molecular complexity index is 1970. The molecule has 12 aliphatic carbocycles. The molecular formula is C89H167NSi. The first-order chi connectivity index (χ1) is 43.0. The maximum atomic E-state index is 2.91. The molecule has 0 bridgehead atoms. The minimum absolute atomic E-state index is 0.365. The molecule has 0 heterocycles. The molecule has 12 unspecified atom stereocenters. The van der Waals surface area contributed by atoms with Crippen molar-refractivity contribution in [3.8, 4) is 0 Å². The molecule has 1 nitrogen and oxygen atoms in total. The fourth-order valence-corrected chi connectivity index (χ4v) is 29.3. The van der Waals surface area contributed by atoms with Crippen LogP contribution in [0.2, 0.25) is 23.7 Å². The molecule has 0 aromatic heterocycles. The molecule has 0 aromatic rings. The minimum atomic E-state index is -1.00. The van der Waals surface area contributed by atoms with Gasteiger partial charge in [0.05, 0.1) is 8.07 Å². The van der Waals surface area contributed by atoms with Crippen LogP contribution in [0.25, 0.3) is 0 Å². The summed E-state index contributed by atoms with van der Waals surface area (Å²) in [5.41, 5.74) is 3.87. The third-order valence-corrected chi connectivity index (χ3v) is 38.1. The van der Waals surface area contributed by atoms with E-state index in [0.717, 1.165) is 106 Å². The van der Waals surface area contributed by atoms with E-state index in [1.807, 2.05) is 0 Å². The van der Waals surface area contributed by atoms with Gasteiger partial charge < -0.3 is 0 Å². The fraction of sp³-hybridized carbons (Fsp3) is 1.00. The topological polar surface area (TPSA) is 3.24 Å². The van der Waals surface area contributed by atoms with Gasteiger partial charge in [-0.25, -0.2) is 0 Å². The van der Waals surface area contributed by atoms with Crippen molar-refractivity contribution >= 4 is 8.07 Å². The van der Waals surface area contributed by atoms with Crippen LogP contribution in [0.3, 0.4) is 0 Å². The van der Waals surface area contributed by atoms with E-state index in [1.54, 1.807) is 103 Å². The first-order valence-electron chi connectivity index (χ1n) is 42.7. The van der Waals surface area contributed by atoms with Gasteiger partial charge in [0.1, 0.15) is 0 Å². The van der Waals surface area contributed by atoms with E-state index in [-0.39, 0.29) is 0 Å². The zero-order valence-corrected chi connectivity index (χ0v) is 66.9. The van der Waals surface area contributed by atoms with Gasteiger partial charge in [-0.1, -0.05) is 296 Å². The molecule has 0 saturated heterocycles. The van der Waals surface area contributed by atoms with Crippen molar-refractivity contribution in [2.24, 2.45) is 110 Å². The van der Waals surface area contributed by atoms with Gasteiger partial charge in [-0.15, -0.1) is 0 Å². The van der Waals surface area contributed by atoms with Crippen molar-refractivity contribution in [1.82, 2.24) is 4.90 Å². The van der Waals surface area contributed by atoms with Gasteiger partial charge in [0.25, 0.3) is 0 Å². The quantitative estimate of drug-likeness (QED) is 0.208. The first kappa shape index (κ1) is 76.9. The zero-order chi connectivity index (χ0) is 66.0. The Morgan fingerprint density at radius 3 is 1.31 bits per heavy atom. The fourth-order valence-electron chi connectivity index (χ4n) is 26.2. The van der Waals surface area contributed by atoms with Gasteiger partial charge in [-0.2, -0.15) is 0 Å². The summed E-state index contributed by atoms with van der Waals surface area (Å²) >= 11 is 0. The van der Waals surface area contributed by atoms with E-state index >= 15 is 0 Å². The summed E-state index contributed by atoms with van der Waals surface area (Å²) in [5.74, 6) is 15.7. The highest BCUT2D eigenvalue weighted by Gasteiger charge is 2.60. The Morgan fingerprint density at radius 2 is 0.857 bits per heavy atom.